The third-order valence-electron chi connectivity index (χ3n) is 5.21. The molecule has 5 aromatic rings. The summed E-state index contributed by atoms with van der Waals surface area (Å²) in [7, 11) is 3.17. The number of carbonyl (C=O) groups excluding carboxylic acids is 1. The molecule has 0 unspecified atom stereocenters. The highest BCUT2D eigenvalue weighted by molar-refractivity contribution is 6.12. The van der Waals surface area contributed by atoms with Crippen LogP contribution in [0.2, 0.25) is 0 Å². The second-order valence-electron chi connectivity index (χ2n) is 7.15. The first-order valence-corrected chi connectivity index (χ1v) is 10.1. The Morgan fingerprint density at radius 2 is 1.73 bits per heavy atom. The first-order valence-electron chi connectivity index (χ1n) is 10.1. The van der Waals surface area contributed by atoms with Crippen LogP contribution in [0.4, 0.5) is 5.88 Å². The molecule has 2 aromatic heterocycles. The summed E-state index contributed by atoms with van der Waals surface area (Å²) in [6.07, 6.45) is 3.15. The predicted molar refractivity (Wildman–Crippen MR) is 123 cm³/mol. The van der Waals surface area contributed by atoms with Crippen LogP contribution in [0.25, 0.3) is 21.7 Å². The zero-order valence-electron chi connectivity index (χ0n) is 17.9. The second kappa shape index (κ2) is 8.51. The minimum absolute atomic E-state index is 0.285. The average Bonchev–Trinajstić information content (AvgIpc) is 3.35. The van der Waals surface area contributed by atoms with E-state index < -0.39 is 0 Å². The van der Waals surface area contributed by atoms with E-state index >= 15 is 0 Å². The molecule has 33 heavy (non-hydrogen) atoms. The van der Waals surface area contributed by atoms with Crippen molar-refractivity contribution in [3.05, 3.63) is 78.6 Å². The normalized spacial score (nSPS) is 10.8. The molecule has 8 nitrogen and oxygen atoms in total. The van der Waals surface area contributed by atoms with Crippen molar-refractivity contribution in [2.45, 2.75) is 0 Å². The molecule has 0 aliphatic rings. The van der Waals surface area contributed by atoms with Crippen LogP contribution >= 0.6 is 0 Å². The van der Waals surface area contributed by atoms with Crippen molar-refractivity contribution >= 4 is 33.5 Å². The molecule has 0 radical (unpaired) electrons. The summed E-state index contributed by atoms with van der Waals surface area (Å²) in [5.41, 5.74) is 1.24. The van der Waals surface area contributed by atoms with Crippen molar-refractivity contribution in [3.63, 3.8) is 0 Å². The van der Waals surface area contributed by atoms with Crippen LogP contribution in [0.5, 0.6) is 23.0 Å². The van der Waals surface area contributed by atoms with Crippen LogP contribution in [-0.2, 0) is 0 Å². The van der Waals surface area contributed by atoms with Gasteiger partial charge in [0.1, 0.15) is 11.5 Å². The molecule has 5 rings (SSSR count). The Kier molecular flexibility index (Phi) is 5.24. The fourth-order valence-corrected chi connectivity index (χ4v) is 3.65. The Labute approximate surface area is 188 Å². The van der Waals surface area contributed by atoms with Crippen molar-refractivity contribution in [3.8, 4) is 23.0 Å². The van der Waals surface area contributed by atoms with Crippen molar-refractivity contribution in [1.29, 1.82) is 0 Å². The van der Waals surface area contributed by atoms with E-state index in [9.17, 15) is 4.79 Å². The van der Waals surface area contributed by atoms with Gasteiger partial charge < -0.3 is 18.7 Å². The van der Waals surface area contributed by atoms with E-state index in [2.05, 4.69) is 15.5 Å². The van der Waals surface area contributed by atoms with E-state index in [-0.39, 0.29) is 11.8 Å². The number of nitrogens with zero attached hydrogens (tertiary/aromatic N) is 2. The molecule has 1 N–H and O–H groups in total. The number of methoxy groups -OCH3 is 2. The van der Waals surface area contributed by atoms with Gasteiger partial charge in [0.2, 0.25) is 5.88 Å². The Morgan fingerprint density at radius 1 is 0.879 bits per heavy atom. The van der Waals surface area contributed by atoms with Gasteiger partial charge in [-0.3, -0.25) is 15.1 Å². The van der Waals surface area contributed by atoms with E-state index in [0.717, 1.165) is 21.7 Å². The van der Waals surface area contributed by atoms with Crippen molar-refractivity contribution < 1.29 is 23.5 Å². The topological polar surface area (TPSA) is 95.7 Å². The Bertz CT molecular complexity index is 1460. The minimum Gasteiger partial charge on any atom is -0.493 e. The molecule has 164 valence electrons. The molecular formula is C25H19N3O5. The Morgan fingerprint density at radius 3 is 2.52 bits per heavy atom. The van der Waals surface area contributed by atoms with Crippen LogP contribution in [0.3, 0.4) is 0 Å². The van der Waals surface area contributed by atoms with Gasteiger partial charge in [0, 0.05) is 29.3 Å². The lowest BCUT2D eigenvalue weighted by atomic mass is 10.0. The van der Waals surface area contributed by atoms with Crippen LogP contribution < -0.4 is 19.5 Å². The van der Waals surface area contributed by atoms with Crippen molar-refractivity contribution in [2.75, 3.05) is 19.5 Å². The molecule has 0 saturated heterocycles. The van der Waals surface area contributed by atoms with Gasteiger partial charge >= 0.3 is 0 Å². The largest absolute Gasteiger partial charge is 0.493 e. The maximum atomic E-state index is 12.7. The monoisotopic (exact) mass is 441 g/mol. The number of anilines is 1. The van der Waals surface area contributed by atoms with Gasteiger partial charge in [-0.25, -0.2) is 0 Å². The summed E-state index contributed by atoms with van der Waals surface area (Å²) < 4.78 is 22.0. The molecular weight excluding hydrogens is 422 g/mol. The summed E-state index contributed by atoms with van der Waals surface area (Å²) >= 11 is 0. The van der Waals surface area contributed by atoms with E-state index in [1.165, 1.54) is 6.20 Å². The van der Waals surface area contributed by atoms with Crippen molar-refractivity contribution in [2.24, 2.45) is 0 Å². The lowest BCUT2D eigenvalue weighted by molar-refractivity contribution is 0.102. The van der Waals surface area contributed by atoms with Crippen molar-refractivity contribution in [1.82, 2.24) is 10.1 Å². The summed E-state index contributed by atoms with van der Waals surface area (Å²) in [5.74, 6) is 2.43. The summed E-state index contributed by atoms with van der Waals surface area (Å²) in [6, 6.07) is 18.1. The van der Waals surface area contributed by atoms with E-state index in [1.807, 2.05) is 36.4 Å². The molecule has 0 aliphatic heterocycles. The van der Waals surface area contributed by atoms with Gasteiger partial charge in [-0.2, -0.15) is 0 Å². The number of aromatic nitrogens is 2. The second-order valence-corrected chi connectivity index (χ2v) is 7.15. The van der Waals surface area contributed by atoms with Gasteiger partial charge in [0.15, 0.2) is 11.5 Å². The smallest absolute Gasteiger partial charge is 0.258 e. The molecule has 0 fully saturated rings. The minimum atomic E-state index is -0.285. The molecule has 8 heteroatoms. The van der Waals surface area contributed by atoms with Crippen LogP contribution in [0.1, 0.15) is 10.4 Å². The highest BCUT2D eigenvalue weighted by atomic mass is 16.5. The number of fused-ring (bicyclic) bond motifs is 2. The quantitative estimate of drug-likeness (QED) is 0.375. The fourth-order valence-electron chi connectivity index (χ4n) is 3.65. The number of amides is 1. The number of carbonyl (C=O) groups is 1. The number of hydrogen-bond donors (Lipinski definition) is 1. The summed E-state index contributed by atoms with van der Waals surface area (Å²) in [6.45, 7) is 0. The highest BCUT2D eigenvalue weighted by Crippen LogP contribution is 2.37. The standard InChI is InChI=1S/C25H19N3O5/c1-30-22-13-19-20(14-23(22)31-2)26-10-8-21(19)32-16-6-7-17-15(12-16)4-3-5-18(17)25(29)28-24-9-11-27-33-24/h3-14H,1-2H3,(H,28,29). The van der Waals surface area contributed by atoms with Gasteiger partial charge in [-0.1, -0.05) is 17.3 Å². The zero-order valence-corrected chi connectivity index (χ0v) is 17.9. The molecule has 0 atom stereocenters. The third-order valence-corrected chi connectivity index (χ3v) is 5.21. The predicted octanol–water partition coefficient (Wildman–Crippen LogP) is 5.44. The van der Waals surface area contributed by atoms with E-state index in [4.69, 9.17) is 18.7 Å². The van der Waals surface area contributed by atoms with Gasteiger partial charge in [0.05, 0.1) is 25.9 Å². The maximum Gasteiger partial charge on any atom is 0.258 e. The van der Waals surface area contributed by atoms with Crippen LogP contribution in [0.15, 0.2) is 77.6 Å². The lowest BCUT2D eigenvalue weighted by Gasteiger charge is -2.13. The van der Waals surface area contributed by atoms with E-state index in [0.29, 0.717) is 28.6 Å². The number of nitrogens with one attached hydrogen (secondary N) is 1. The van der Waals surface area contributed by atoms with Crippen LogP contribution in [0, 0.1) is 0 Å². The zero-order chi connectivity index (χ0) is 22.8. The number of benzene rings is 3. The number of pyridine rings is 1. The van der Waals surface area contributed by atoms with Gasteiger partial charge in [-0.05, 0) is 47.2 Å². The van der Waals surface area contributed by atoms with Gasteiger partial charge in [0.25, 0.3) is 5.91 Å². The van der Waals surface area contributed by atoms with E-state index in [1.54, 1.807) is 44.7 Å². The fraction of sp³-hybridized carbons (Fsp3) is 0.0800. The van der Waals surface area contributed by atoms with Gasteiger partial charge in [-0.15, -0.1) is 0 Å². The number of ether oxygens (including phenoxy) is 3. The number of hydrogen-bond acceptors (Lipinski definition) is 7. The molecule has 2 heterocycles. The Balaban J connectivity index is 1.49. The third kappa shape index (κ3) is 3.89. The Hall–Kier alpha value is -4.59. The average molecular weight is 441 g/mol. The molecule has 0 spiro atoms. The SMILES string of the molecule is COc1cc2nccc(Oc3ccc4c(C(=O)Nc5ccno5)cccc4c3)c2cc1OC. The molecule has 1 amide bonds. The first kappa shape index (κ1) is 20.3. The molecule has 3 aromatic carbocycles. The number of rotatable bonds is 6. The lowest BCUT2D eigenvalue weighted by Crippen LogP contribution is -2.11. The summed E-state index contributed by atoms with van der Waals surface area (Å²) in [5, 5.41) is 8.73. The molecule has 0 bridgehead atoms. The van der Waals surface area contributed by atoms with Crippen LogP contribution in [-0.4, -0.2) is 30.3 Å². The molecule has 0 aliphatic carbocycles. The summed E-state index contributed by atoms with van der Waals surface area (Å²) in [4.78, 5) is 17.1. The first-order chi connectivity index (χ1) is 16.2. The highest BCUT2D eigenvalue weighted by Gasteiger charge is 2.14. The maximum absolute atomic E-state index is 12.7. The molecule has 0 saturated carbocycles.